The van der Waals surface area contributed by atoms with Crippen LogP contribution in [0, 0.1) is 0 Å². The number of nitrogens with zero attached hydrogens (tertiary/aromatic N) is 2. The minimum absolute atomic E-state index is 0. The number of hydrogen-bond acceptors (Lipinski definition) is 3. The van der Waals surface area contributed by atoms with E-state index in [9.17, 15) is 13.6 Å². The second-order valence-electron chi connectivity index (χ2n) is 6.16. The maximum absolute atomic E-state index is 12.2. The summed E-state index contributed by atoms with van der Waals surface area (Å²) in [6.07, 6.45) is 0. The smallest absolute Gasteiger partial charge is 0.387 e. The normalized spacial score (nSPS) is 10.9. The minimum atomic E-state index is -2.83. The highest BCUT2D eigenvalue weighted by atomic mass is 127. The van der Waals surface area contributed by atoms with Crippen molar-refractivity contribution in [3.05, 3.63) is 59.7 Å². The van der Waals surface area contributed by atoms with Gasteiger partial charge in [0.1, 0.15) is 5.75 Å². The number of amides is 1. The van der Waals surface area contributed by atoms with E-state index in [-0.39, 0.29) is 35.6 Å². The molecular formula is C20H25F2IN4O2. The van der Waals surface area contributed by atoms with Gasteiger partial charge in [0.15, 0.2) is 5.96 Å². The van der Waals surface area contributed by atoms with Gasteiger partial charge in [0.25, 0.3) is 0 Å². The van der Waals surface area contributed by atoms with Gasteiger partial charge in [0.05, 0.1) is 0 Å². The molecule has 0 atom stereocenters. The molecule has 0 unspecified atom stereocenters. The first-order valence-electron chi connectivity index (χ1n) is 8.69. The molecule has 0 spiro atoms. The van der Waals surface area contributed by atoms with Crippen LogP contribution in [0.2, 0.25) is 0 Å². The summed E-state index contributed by atoms with van der Waals surface area (Å²) in [5.74, 6) is 0.687. The van der Waals surface area contributed by atoms with Crippen molar-refractivity contribution in [3.8, 4) is 5.75 Å². The van der Waals surface area contributed by atoms with E-state index in [4.69, 9.17) is 0 Å². The lowest BCUT2D eigenvalue weighted by Gasteiger charge is -2.22. The number of guanidine groups is 1. The van der Waals surface area contributed by atoms with Crippen molar-refractivity contribution in [3.63, 3.8) is 0 Å². The Balaban J connectivity index is 0.00000420. The standard InChI is InChI=1S/C20H24F2N4O2.HI/c1-14(27)25-17-6-4-5-16(11-17)12-24-20(23-2)26(3)13-15-7-9-18(10-8-15)28-19(21)22;/h4-11,19H,12-13H2,1-3H3,(H,23,24)(H,25,27);1H. The summed E-state index contributed by atoms with van der Waals surface area (Å²) in [6, 6.07) is 14.0. The number of ether oxygens (including phenoxy) is 1. The summed E-state index contributed by atoms with van der Waals surface area (Å²) < 4.78 is 28.8. The number of anilines is 1. The molecule has 2 aromatic rings. The molecule has 0 saturated carbocycles. The molecule has 0 radical (unpaired) electrons. The first kappa shape index (κ1) is 24.6. The van der Waals surface area contributed by atoms with Crippen LogP contribution in [0.25, 0.3) is 0 Å². The van der Waals surface area contributed by atoms with Crippen molar-refractivity contribution >= 4 is 41.5 Å². The molecule has 0 aliphatic carbocycles. The van der Waals surface area contributed by atoms with Gasteiger partial charge in [-0.25, -0.2) is 0 Å². The summed E-state index contributed by atoms with van der Waals surface area (Å²) >= 11 is 0. The highest BCUT2D eigenvalue weighted by Crippen LogP contribution is 2.16. The molecule has 2 rings (SSSR count). The van der Waals surface area contributed by atoms with E-state index in [1.165, 1.54) is 19.1 Å². The van der Waals surface area contributed by atoms with Crippen LogP contribution in [0.3, 0.4) is 0 Å². The fraction of sp³-hybridized carbons (Fsp3) is 0.300. The van der Waals surface area contributed by atoms with E-state index in [0.717, 1.165) is 16.8 Å². The van der Waals surface area contributed by atoms with E-state index in [1.807, 2.05) is 36.2 Å². The molecule has 0 heterocycles. The number of hydrogen-bond donors (Lipinski definition) is 2. The number of halogens is 3. The van der Waals surface area contributed by atoms with Crippen LogP contribution in [-0.2, 0) is 17.9 Å². The zero-order valence-electron chi connectivity index (χ0n) is 16.5. The molecule has 2 aromatic carbocycles. The molecule has 6 nitrogen and oxygen atoms in total. The van der Waals surface area contributed by atoms with Gasteiger partial charge in [-0.2, -0.15) is 8.78 Å². The van der Waals surface area contributed by atoms with Gasteiger partial charge in [-0.3, -0.25) is 9.79 Å². The predicted molar refractivity (Wildman–Crippen MR) is 121 cm³/mol. The Kier molecular flexibility index (Phi) is 10.4. The topological polar surface area (TPSA) is 66.0 Å². The van der Waals surface area contributed by atoms with Gasteiger partial charge >= 0.3 is 6.61 Å². The van der Waals surface area contributed by atoms with E-state index in [2.05, 4.69) is 20.4 Å². The Hall–Kier alpha value is -2.43. The van der Waals surface area contributed by atoms with Crippen molar-refractivity contribution < 1.29 is 18.3 Å². The van der Waals surface area contributed by atoms with Crippen molar-refractivity contribution in [1.29, 1.82) is 0 Å². The second-order valence-corrected chi connectivity index (χ2v) is 6.16. The number of carbonyl (C=O) groups is 1. The maximum Gasteiger partial charge on any atom is 0.387 e. The molecule has 0 aromatic heterocycles. The molecule has 0 aliphatic heterocycles. The molecule has 0 fully saturated rings. The van der Waals surface area contributed by atoms with Gasteiger partial charge in [-0.05, 0) is 35.4 Å². The third-order valence-electron chi connectivity index (χ3n) is 3.84. The lowest BCUT2D eigenvalue weighted by molar-refractivity contribution is -0.114. The van der Waals surface area contributed by atoms with Crippen LogP contribution in [0.15, 0.2) is 53.5 Å². The number of carbonyl (C=O) groups excluding carboxylic acids is 1. The van der Waals surface area contributed by atoms with Gasteiger partial charge < -0.3 is 20.3 Å². The average Bonchev–Trinajstić information content (AvgIpc) is 2.63. The van der Waals surface area contributed by atoms with Crippen LogP contribution in [0.4, 0.5) is 14.5 Å². The zero-order chi connectivity index (χ0) is 20.5. The highest BCUT2D eigenvalue weighted by molar-refractivity contribution is 14.0. The monoisotopic (exact) mass is 518 g/mol. The highest BCUT2D eigenvalue weighted by Gasteiger charge is 2.08. The van der Waals surface area contributed by atoms with E-state index in [0.29, 0.717) is 19.0 Å². The van der Waals surface area contributed by atoms with Crippen LogP contribution in [0.1, 0.15) is 18.1 Å². The van der Waals surface area contributed by atoms with Gasteiger partial charge in [-0.15, -0.1) is 24.0 Å². The van der Waals surface area contributed by atoms with Crippen molar-refractivity contribution in [2.45, 2.75) is 26.6 Å². The van der Waals surface area contributed by atoms with Crippen LogP contribution >= 0.6 is 24.0 Å². The first-order valence-corrected chi connectivity index (χ1v) is 8.69. The van der Waals surface area contributed by atoms with E-state index in [1.54, 1.807) is 19.2 Å². The van der Waals surface area contributed by atoms with Crippen molar-refractivity contribution in [2.24, 2.45) is 4.99 Å². The quantitative estimate of drug-likeness (QED) is 0.330. The van der Waals surface area contributed by atoms with Crippen molar-refractivity contribution in [2.75, 3.05) is 19.4 Å². The average molecular weight is 518 g/mol. The molecule has 0 aliphatic rings. The number of nitrogens with one attached hydrogen (secondary N) is 2. The fourth-order valence-corrected chi connectivity index (χ4v) is 2.65. The molecule has 9 heteroatoms. The Bertz CT molecular complexity index is 816. The SMILES string of the molecule is CN=C(NCc1cccc(NC(C)=O)c1)N(C)Cc1ccc(OC(F)F)cc1.I. The maximum atomic E-state index is 12.2. The molecule has 2 N–H and O–H groups in total. The lowest BCUT2D eigenvalue weighted by atomic mass is 10.2. The molecule has 0 saturated heterocycles. The predicted octanol–water partition coefficient (Wildman–Crippen LogP) is 4.07. The van der Waals surface area contributed by atoms with E-state index >= 15 is 0 Å². The number of alkyl halides is 2. The van der Waals surface area contributed by atoms with Crippen LogP contribution in [-0.4, -0.2) is 37.5 Å². The minimum Gasteiger partial charge on any atom is -0.435 e. The molecular weight excluding hydrogens is 493 g/mol. The summed E-state index contributed by atoms with van der Waals surface area (Å²) in [4.78, 5) is 17.4. The van der Waals surface area contributed by atoms with Gasteiger partial charge in [0.2, 0.25) is 5.91 Å². The van der Waals surface area contributed by atoms with Gasteiger partial charge in [-0.1, -0.05) is 24.3 Å². The fourth-order valence-electron chi connectivity index (χ4n) is 2.65. The number of rotatable bonds is 7. The van der Waals surface area contributed by atoms with Crippen LogP contribution < -0.4 is 15.4 Å². The molecule has 1 amide bonds. The third-order valence-corrected chi connectivity index (χ3v) is 3.84. The largest absolute Gasteiger partial charge is 0.435 e. The molecule has 158 valence electrons. The van der Waals surface area contributed by atoms with Crippen molar-refractivity contribution in [1.82, 2.24) is 10.2 Å². The third kappa shape index (κ3) is 8.63. The number of benzene rings is 2. The molecule has 0 bridgehead atoms. The first-order chi connectivity index (χ1) is 13.4. The Morgan fingerprint density at radius 2 is 1.86 bits per heavy atom. The zero-order valence-corrected chi connectivity index (χ0v) is 18.8. The lowest BCUT2D eigenvalue weighted by Crippen LogP contribution is -2.38. The summed E-state index contributed by atoms with van der Waals surface area (Å²) in [5.41, 5.74) is 2.66. The molecule has 29 heavy (non-hydrogen) atoms. The van der Waals surface area contributed by atoms with E-state index < -0.39 is 6.61 Å². The summed E-state index contributed by atoms with van der Waals surface area (Å²) in [7, 11) is 3.57. The number of aliphatic imine (C=N–C) groups is 1. The summed E-state index contributed by atoms with van der Waals surface area (Å²) in [5, 5.41) is 6.02. The Labute approximate surface area is 186 Å². The van der Waals surface area contributed by atoms with Crippen LogP contribution in [0.5, 0.6) is 5.75 Å². The Morgan fingerprint density at radius 3 is 2.45 bits per heavy atom. The van der Waals surface area contributed by atoms with Gasteiger partial charge in [0, 0.05) is 39.8 Å². The second kappa shape index (κ2) is 12.2. The Morgan fingerprint density at radius 1 is 1.17 bits per heavy atom. The summed E-state index contributed by atoms with van der Waals surface area (Å²) in [6.45, 7) is -0.291.